The van der Waals surface area contributed by atoms with E-state index in [9.17, 15) is 4.79 Å². The molecule has 0 spiro atoms. The Labute approximate surface area is 173 Å². The molecular weight excluding hydrogens is 394 g/mol. The number of carbonyl (C=O) groups excluding carboxylic acids is 1. The van der Waals surface area contributed by atoms with Crippen molar-refractivity contribution < 1.29 is 4.79 Å². The van der Waals surface area contributed by atoms with E-state index in [1.165, 1.54) is 11.8 Å². The highest BCUT2D eigenvalue weighted by molar-refractivity contribution is 7.99. The zero-order valence-corrected chi connectivity index (χ0v) is 16.8. The third kappa shape index (κ3) is 5.43. The lowest BCUT2D eigenvalue weighted by molar-refractivity contribution is -0.118. The van der Waals surface area contributed by atoms with Crippen molar-refractivity contribution in [1.82, 2.24) is 25.1 Å². The van der Waals surface area contributed by atoms with Gasteiger partial charge in [0.25, 0.3) is 0 Å². The van der Waals surface area contributed by atoms with Gasteiger partial charge in [-0.15, -0.1) is 16.8 Å². The molecule has 3 aromatic rings. The van der Waals surface area contributed by atoms with E-state index >= 15 is 0 Å². The molecule has 0 bridgehead atoms. The average molecular weight is 414 g/mol. The number of thioether (sulfide) groups is 1. The average Bonchev–Trinajstić information content (AvgIpc) is 3.11. The number of nitrogens with one attached hydrogen (secondary N) is 1. The van der Waals surface area contributed by atoms with E-state index in [1.54, 1.807) is 18.5 Å². The Bertz CT molecular complexity index is 928. The van der Waals surface area contributed by atoms with Gasteiger partial charge < -0.3 is 5.32 Å². The minimum atomic E-state index is -0.0439. The highest BCUT2D eigenvalue weighted by Gasteiger charge is 2.14. The first kappa shape index (κ1) is 20.1. The summed E-state index contributed by atoms with van der Waals surface area (Å²) >= 11 is 7.23. The molecule has 0 atom stereocenters. The van der Waals surface area contributed by atoms with Crippen molar-refractivity contribution in [3.05, 3.63) is 72.0 Å². The summed E-state index contributed by atoms with van der Waals surface area (Å²) in [5.41, 5.74) is 2.05. The van der Waals surface area contributed by atoms with Crippen LogP contribution in [0.1, 0.15) is 5.56 Å². The number of aromatic nitrogens is 4. The van der Waals surface area contributed by atoms with E-state index < -0.39 is 0 Å². The minimum absolute atomic E-state index is 0.0439. The lowest BCUT2D eigenvalue weighted by Crippen LogP contribution is -2.27. The molecule has 0 unspecified atom stereocenters. The number of hydrogen-bond acceptors (Lipinski definition) is 5. The summed E-state index contributed by atoms with van der Waals surface area (Å²) in [6.07, 6.45) is 5.96. The molecule has 0 saturated carbocycles. The van der Waals surface area contributed by atoms with Crippen molar-refractivity contribution in [3.63, 3.8) is 0 Å². The van der Waals surface area contributed by atoms with Crippen LogP contribution in [-0.2, 0) is 17.8 Å². The number of amides is 1. The second kappa shape index (κ2) is 10.1. The van der Waals surface area contributed by atoms with E-state index in [-0.39, 0.29) is 11.7 Å². The molecule has 1 aromatic carbocycles. The summed E-state index contributed by atoms with van der Waals surface area (Å²) in [6.45, 7) is 4.93. The fraction of sp³-hybridized carbons (Fsp3) is 0.200. The Morgan fingerprint density at radius 1 is 1.18 bits per heavy atom. The summed E-state index contributed by atoms with van der Waals surface area (Å²) in [7, 11) is 0. The maximum atomic E-state index is 12.2. The predicted molar refractivity (Wildman–Crippen MR) is 112 cm³/mol. The fourth-order valence-corrected chi connectivity index (χ4v) is 3.49. The van der Waals surface area contributed by atoms with Gasteiger partial charge in [-0.3, -0.25) is 14.3 Å². The van der Waals surface area contributed by atoms with E-state index in [1.807, 2.05) is 41.0 Å². The predicted octanol–water partition coefficient (Wildman–Crippen LogP) is 3.63. The van der Waals surface area contributed by atoms with Gasteiger partial charge in [0.2, 0.25) is 5.91 Å². The Morgan fingerprint density at radius 2 is 1.93 bits per heavy atom. The maximum absolute atomic E-state index is 12.2. The molecular formula is C20H20ClN5OS. The van der Waals surface area contributed by atoms with Crippen LogP contribution < -0.4 is 5.32 Å². The number of rotatable bonds is 9. The van der Waals surface area contributed by atoms with Gasteiger partial charge >= 0.3 is 0 Å². The number of nitrogens with zero attached hydrogens (tertiary/aromatic N) is 4. The monoisotopic (exact) mass is 413 g/mol. The molecule has 8 heteroatoms. The molecule has 0 fully saturated rings. The van der Waals surface area contributed by atoms with Crippen LogP contribution in [0.25, 0.3) is 11.4 Å². The smallest absolute Gasteiger partial charge is 0.230 e. The SMILES string of the molecule is C=CCn1c(SCC(=O)NCCc2ccc(Cl)cc2)nnc1-c1ccncc1. The molecule has 6 nitrogen and oxygen atoms in total. The van der Waals surface area contributed by atoms with Crippen molar-refractivity contribution in [1.29, 1.82) is 0 Å². The van der Waals surface area contributed by atoms with Gasteiger partial charge in [-0.05, 0) is 36.2 Å². The van der Waals surface area contributed by atoms with Crippen molar-refractivity contribution in [3.8, 4) is 11.4 Å². The van der Waals surface area contributed by atoms with Crippen LogP contribution in [0.4, 0.5) is 0 Å². The standard InChI is InChI=1S/C20H20ClN5OS/c1-2-13-26-19(16-8-10-22-11-9-16)24-25-20(26)28-14-18(27)23-12-7-15-3-5-17(21)6-4-15/h2-6,8-11H,1,7,12-14H2,(H,23,27). The highest BCUT2D eigenvalue weighted by Crippen LogP contribution is 2.23. The topological polar surface area (TPSA) is 72.7 Å². The van der Waals surface area contributed by atoms with Crippen LogP contribution >= 0.6 is 23.4 Å². The Balaban J connectivity index is 1.55. The first-order chi connectivity index (χ1) is 13.7. The number of benzene rings is 1. The molecule has 0 aliphatic carbocycles. The number of pyridine rings is 1. The molecule has 144 valence electrons. The summed E-state index contributed by atoms with van der Waals surface area (Å²) in [4.78, 5) is 16.2. The first-order valence-corrected chi connectivity index (χ1v) is 10.1. The number of carbonyl (C=O) groups is 1. The molecule has 0 radical (unpaired) electrons. The van der Waals surface area contributed by atoms with Crippen LogP contribution in [0.15, 0.2) is 66.6 Å². The van der Waals surface area contributed by atoms with Crippen molar-refractivity contribution in [2.24, 2.45) is 0 Å². The van der Waals surface area contributed by atoms with Crippen LogP contribution in [0.2, 0.25) is 5.02 Å². The molecule has 0 aliphatic rings. The zero-order valence-electron chi connectivity index (χ0n) is 15.2. The zero-order chi connectivity index (χ0) is 19.8. The maximum Gasteiger partial charge on any atom is 0.230 e. The van der Waals surface area contributed by atoms with Gasteiger partial charge in [0.1, 0.15) is 0 Å². The van der Waals surface area contributed by atoms with E-state index in [0.29, 0.717) is 23.3 Å². The van der Waals surface area contributed by atoms with Crippen LogP contribution in [-0.4, -0.2) is 38.0 Å². The second-order valence-corrected chi connectivity index (χ2v) is 7.34. The number of halogens is 1. The quantitative estimate of drug-likeness (QED) is 0.428. The van der Waals surface area contributed by atoms with Gasteiger partial charge in [0, 0.05) is 36.1 Å². The van der Waals surface area contributed by atoms with E-state index in [4.69, 9.17) is 11.6 Å². The van der Waals surface area contributed by atoms with Gasteiger partial charge in [-0.2, -0.15) is 0 Å². The molecule has 2 heterocycles. The van der Waals surface area contributed by atoms with Gasteiger partial charge in [-0.1, -0.05) is 41.6 Å². The molecule has 3 rings (SSSR count). The molecule has 0 saturated heterocycles. The van der Waals surface area contributed by atoms with Crippen LogP contribution in [0.5, 0.6) is 0 Å². The Hall–Kier alpha value is -2.64. The summed E-state index contributed by atoms with van der Waals surface area (Å²) in [5.74, 6) is 0.956. The highest BCUT2D eigenvalue weighted by atomic mass is 35.5. The van der Waals surface area contributed by atoms with Crippen LogP contribution in [0, 0.1) is 0 Å². The first-order valence-electron chi connectivity index (χ1n) is 8.76. The van der Waals surface area contributed by atoms with Gasteiger partial charge in [0.15, 0.2) is 11.0 Å². The lowest BCUT2D eigenvalue weighted by Gasteiger charge is -2.08. The molecule has 1 amide bonds. The number of allylic oxidation sites excluding steroid dienone is 1. The van der Waals surface area contributed by atoms with Gasteiger partial charge in [0.05, 0.1) is 5.75 Å². The molecule has 1 N–H and O–H groups in total. The van der Waals surface area contributed by atoms with Crippen molar-refractivity contribution >= 4 is 29.3 Å². The van der Waals surface area contributed by atoms with Crippen molar-refractivity contribution in [2.75, 3.05) is 12.3 Å². The minimum Gasteiger partial charge on any atom is -0.355 e. The molecule has 0 aliphatic heterocycles. The third-order valence-electron chi connectivity index (χ3n) is 3.95. The van der Waals surface area contributed by atoms with Crippen molar-refractivity contribution in [2.45, 2.75) is 18.1 Å². The van der Waals surface area contributed by atoms with E-state index in [2.05, 4.69) is 27.1 Å². The lowest BCUT2D eigenvalue weighted by atomic mass is 10.1. The van der Waals surface area contributed by atoms with Crippen LogP contribution in [0.3, 0.4) is 0 Å². The number of hydrogen-bond donors (Lipinski definition) is 1. The Kier molecular flexibility index (Phi) is 7.22. The molecule has 2 aromatic heterocycles. The summed E-state index contributed by atoms with van der Waals surface area (Å²) in [6, 6.07) is 11.4. The van der Waals surface area contributed by atoms with E-state index in [0.717, 1.165) is 23.4 Å². The normalized spacial score (nSPS) is 10.6. The summed E-state index contributed by atoms with van der Waals surface area (Å²) in [5, 5.41) is 12.8. The Morgan fingerprint density at radius 3 is 2.64 bits per heavy atom. The third-order valence-corrected chi connectivity index (χ3v) is 5.17. The molecule has 28 heavy (non-hydrogen) atoms. The fourth-order valence-electron chi connectivity index (χ4n) is 2.58. The van der Waals surface area contributed by atoms with Gasteiger partial charge in [-0.25, -0.2) is 0 Å². The largest absolute Gasteiger partial charge is 0.355 e. The summed E-state index contributed by atoms with van der Waals surface area (Å²) < 4.78 is 1.94. The second-order valence-electron chi connectivity index (χ2n) is 5.96.